The van der Waals surface area contributed by atoms with Crippen LogP contribution in [0.25, 0.3) is 0 Å². The number of amides is 1. The van der Waals surface area contributed by atoms with Crippen molar-refractivity contribution in [2.45, 2.75) is 12.8 Å². The zero-order valence-electron chi connectivity index (χ0n) is 12.5. The number of aryl methyl sites for hydroxylation is 1. The Balaban J connectivity index is 1.88. The van der Waals surface area contributed by atoms with E-state index in [1.54, 1.807) is 0 Å². The Morgan fingerprint density at radius 3 is 2.96 bits per heavy atom. The third-order valence-electron chi connectivity index (χ3n) is 3.03. The van der Waals surface area contributed by atoms with Crippen LogP contribution in [0.3, 0.4) is 0 Å². The van der Waals surface area contributed by atoms with Gasteiger partial charge in [0, 0.05) is 18.5 Å². The zero-order chi connectivity index (χ0) is 16.7. The summed E-state index contributed by atoms with van der Waals surface area (Å²) in [4.78, 5) is 16.3. The van der Waals surface area contributed by atoms with Gasteiger partial charge >= 0.3 is 0 Å². The number of nitrogens with zero attached hydrogens (tertiary/aromatic N) is 1. The predicted molar refractivity (Wildman–Crippen MR) is 88.1 cm³/mol. The minimum atomic E-state index is -0.492. The molecule has 2 aromatic rings. The summed E-state index contributed by atoms with van der Waals surface area (Å²) in [5, 5.41) is 5.17. The van der Waals surface area contributed by atoms with E-state index in [1.165, 1.54) is 23.5 Å². The van der Waals surface area contributed by atoms with Crippen molar-refractivity contribution in [1.29, 1.82) is 0 Å². The topological polar surface area (TPSA) is 103 Å². The van der Waals surface area contributed by atoms with Crippen molar-refractivity contribution in [1.82, 2.24) is 10.3 Å². The van der Waals surface area contributed by atoms with E-state index in [-0.39, 0.29) is 18.1 Å². The molecular formula is C15H19FN4O2S. The maximum absolute atomic E-state index is 13.4. The first-order valence-electron chi connectivity index (χ1n) is 7.20. The van der Waals surface area contributed by atoms with Crippen LogP contribution in [0.5, 0.6) is 5.75 Å². The highest BCUT2D eigenvalue weighted by atomic mass is 32.1. The fraction of sp³-hybridized carbons (Fsp3) is 0.333. The second kappa shape index (κ2) is 8.44. The quantitative estimate of drug-likeness (QED) is 0.634. The number of nitrogens with one attached hydrogen (secondary N) is 1. The predicted octanol–water partition coefficient (Wildman–Crippen LogP) is 1.56. The number of carbonyl (C=O) groups is 1. The molecule has 0 atom stereocenters. The number of hydrogen-bond donors (Lipinski definition) is 3. The van der Waals surface area contributed by atoms with Crippen LogP contribution in [0.15, 0.2) is 23.6 Å². The fourth-order valence-electron chi connectivity index (χ4n) is 1.98. The summed E-state index contributed by atoms with van der Waals surface area (Å²) in [6.45, 7) is 1.02. The van der Waals surface area contributed by atoms with Gasteiger partial charge in [0.05, 0.1) is 11.3 Å². The number of aromatic nitrogens is 1. The van der Waals surface area contributed by atoms with Gasteiger partial charge in [-0.3, -0.25) is 4.79 Å². The molecule has 2 rings (SSSR count). The molecule has 0 aliphatic rings. The first-order chi connectivity index (χ1) is 11.1. The highest BCUT2D eigenvalue weighted by molar-refractivity contribution is 7.13. The van der Waals surface area contributed by atoms with E-state index in [1.807, 2.05) is 5.38 Å². The van der Waals surface area contributed by atoms with Gasteiger partial charge in [-0.15, -0.1) is 11.3 Å². The van der Waals surface area contributed by atoms with Crippen molar-refractivity contribution in [3.8, 4) is 5.75 Å². The monoisotopic (exact) mass is 338 g/mol. The highest BCUT2D eigenvalue weighted by Crippen LogP contribution is 2.19. The number of ether oxygens (including phenoxy) is 1. The van der Waals surface area contributed by atoms with Crippen LogP contribution in [0, 0.1) is 5.82 Å². The van der Waals surface area contributed by atoms with Gasteiger partial charge in [-0.25, -0.2) is 9.37 Å². The first kappa shape index (κ1) is 17.2. The van der Waals surface area contributed by atoms with Crippen LogP contribution >= 0.6 is 11.3 Å². The SMILES string of the molecule is NCCOc1ccc(F)cc1C(=O)NCCCc1csc(N)n1. The summed E-state index contributed by atoms with van der Waals surface area (Å²) < 4.78 is 18.7. The molecule has 0 aliphatic carbocycles. The minimum absolute atomic E-state index is 0.163. The Bertz CT molecular complexity index is 663. The number of anilines is 1. The molecular weight excluding hydrogens is 319 g/mol. The number of nitrogen functional groups attached to an aromatic ring is 1. The number of thiazole rings is 1. The highest BCUT2D eigenvalue weighted by Gasteiger charge is 2.13. The Morgan fingerprint density at radius 2 is 2.26 bits per heavy atom. The standard InChI is InChI=1S/C15H19FN4O2S/c16-10-3-4-13(22-7-5-17)12(8-10)14(21)19-6-1-2-11-9-23-15(18)20-11/h3-4,8-9H,1-2,5-7,17H2,(H2,18,20)(H,19,21). The summed E-state index contributed by atoms with van der Waals surface area (Å²) in [5.41, 5.74) is 12.0. The van der Waals surface area contributed by atoms with E-state index >= 15 is 0 Å². The number of nitrogens with two attached hydrogens (primary N) is 2. The smallest absolute Gasteiger partial charge is 0.255 e. The lowest BCUT2D eigenvalue weighted by atomic mass is 10.1. The second-order valence-electron chi connectivity index (χ2n) is 4.81. The van der Waals surface area contributed by atoms with Gasteiger partial charge in [-0.05, 0) is 31.0 Å². The molecule has 124 valence electrons. The van der Waals surface area contributed by atoms with Crippen molar-refractivity contribution in [2.24, 2.45) is 5.73 Å². The lowest BCUT2D eigenvalue weighted by Crippen LogP contribution is -2.26. The molecule has 23 heavy (non-hydrogen) atoms. The van der Waals surface area contributed by atoms with Crippen LogP contribution in [-0.4, -0.2) is 30.6 Å². The molecule has 1 aromatic heterocycles. The number of carbonyl (C=O) groups excluding carboxylic acids is 1. The largest absolute Gasteiger partial charge is 0.491 e. The van der Waals surface area contributed by atoms with Gasteiger partial charge in [0.2, 0.25) is 0 Å². The molecule has 0 radical (unpaired) electrons. The average molecular weight is 338 g/mol. The van der Waals surface area contributed by atoms with Gasteiger partial charge in [0.15, 0.2) is 5.13 Å². The molecule has 1 aromatic carbocycles. The Kier molecular flexibility index (Phi) is 6.30. The van der Waals surface area contributed by atoms with Crippen LogP contribution < -0.4 is 21.5 Å². The Labute approximate surface area is 137 Å². The molecule has 0 saturated carbocycles. The van der Waals surface area contributed by atoms with Crippen LogP contribution in [0.2, 0.25) is 0 Å². The lowest BCUT2D eigenvalue weighted by Gasteiger charge is -2.11. The molecule has 0 fully saturated rings. The summed E-state index contributed by atoms with van der Waals surface area (Å²) in [6, 6.07) is 3.83. The molecule has 0 aliphatic heterocycles. The number of halogens is 1. The molecule has 6 nitrogen and oxygen atoms in total. The van der Waals surface area contributed by atoms with Crippen molar-refractivity contribution in [2.75, 3.05) is 25.4 Å². The number of benzene rings is 1. The zero-order valence-corrected chi connectivity index (χ0v) is 13.4. The second-order valence-corrected chi connectivity index (χ2v) is 5.70. The van der Waals surface area contributed by atoms with Crippen molar-refractivity contribution < 1.29 is 13.9 Å². The van der Waals surface area contributed by atoms with E-state index < -0.39 is 5.82 Å². The van der Waals surface area contributed by atoms with Crippen molar-refractivity contribution >= 4 is 22.4 Å². The van der Waals surface area contributed by atoms with E-state index in [0.717, 1.165) is 11.8 Å². The van der Waals surface area contributed by atoms with Crippen LogP contribution in [0.4, 0.5) is 9.52 Å². The fourth-order valence-corrected chi connectivity index (χ4v) is 2.58. The van der Waals surface area contributed by atoms with Gasteiger partial charge < -0.3 is 21.5 Å². The number of rotatable bonds is 8. The summed E-state index contributed by atoms with van der Waals surface area (Å²) in [5.74, 6) is -0.552. The third-order valence-corrected chi connectivity index (χ3v) is 3.75. The molecule has 1 amide bonds. The summed E-state index contributed by atoms with van der Waals surface area (Å²) >= 11 is 1.39. The molecule has 8 heteroatoms. The van der Waals surface area contributed by atoms with Crippen LogP contribution in [0.1, 0.15) is 22.5 Å². The molecule has 5 N–H and O–H groups in total. The third kappa shape index (κ3) is 5.19. The normalized spacial score (nSPS) is 10.5. The van der Waals surface area contributed by atoms with E-state index in [9.17, 15) is 9.18 Å². The van der Waals surface area contributed by atoms with E-state index in [0.29, 0.717) is 36.8 Å². The van der Waals surface area contributed by atoms with E-state index in [2.05, 4.69) is 10.3 Å². The maximum atomic E-state index is 13.4. The summed E-state index contributed by atoms with van der Waals surface area (Å²) in [6.07, 6.45) is 1.43. The van der Waals surface area contributed by atoms with Gasteiger partial charge in [0.25, 0.3) is 5.91 Å². The molecule has 1 heterocycles. The first-order valence-corrected chi connectivity index (χ1v) is 8.08. The van der Waals surface area contributed by atoms with Crippen molar-refractivity contribution in [3.63, 3.8) is 0 Å². The van der Waals surface area contributed by atoms with Gasteiger partial charge in [-0.2, -0.15) is 0 Å². The molecule has 0 saturated heterocycles. The Morgan fingerprint density at radius 1 is 1.43 bits per heavy atom. The minimum Gasteiger partial charge on any atom is -0.491 e. The van der Waals surface area contributed by atoms with Gasteiger partial charge in [-0.1, -0.05) is 0 Å². The molecule has 0 unspecified atom stereocenters. The van der Waals surface area contributed by atoms with Gasteiger partial charge in [0.1, 0.15) is 18.2 Å². The van der Waals surface area contributed by atoms with Crippen molar-refractivity contribution in [3.05, 3.63) is 40.7 Å². The van der Waals surface area contributed by atoms with Crippen LogP contribution in [-0.2, 0) is 6.42 Å². The molecule has 0 spiro atoms. The summed E-state index contributed by atoms with van der Waals surface area (Å²) in [7, 11) is 0. The average Bonchev–Trinajstić information content (AvgIpc) is 2.95. The maximum Gasteiger partial charge on any atom is 0.255 e. The van der Waals surface area contributed by atoms with E-state index in [4.69, 9.17) is 16.2 Å². The number of hydrogen-bond acceptors (Lipinski definition) is 6. The molecule has 0 bridgehead atoms. The lowest BCUT2D eigenvalue weighted by molar-refractivity contribution is 0.0948. The Hall–Kier alpha value is -2.19.